The number of benzene rings is 1. The van der Waals surface area contributed by atoms with Gasteiger partial charge in [-0.15, -0.1) is 0 Å². The number of urea groups is 1. The van der Waals surface area contributed by atoms with Gasteiger partial charge in [0.2, 0.25) is 0 Å². The van der Waals surface area contributed by atoms with E-state index < -0.39 is 18.1 Å². The summed E-state index contributed by atoms with van der Waals surface area (Å²) in [5.74, 6) is 0.178. The average Bonchev–Trinajstić information content (AvgIpc) is 3.15. The van der Waals surface area contributed by atoms with Crippen LogP contribution in [0, 0.1) is 0 Å². The van der Waals surface area contributed by atoms with E-state index in [1.807, 2.05) is 24.3 Å². The predicted octanol–water partition coefficient (Wildman–Crippen LogP) is 1.64. The molecule has 1 aliphatic heterocycles. The van der Waals surface area contributed by atoms with E-state index in [1.54, 1.807) is 25.3 Å². The van der Waals surface area contributed by atoms with Gasteiger partial charge in [0.25, 0.3) is 0 Å². The number of esters is 1. The predicted molar refractivity (Wildman–Crippen MR) is 93.8 cm³/mol. The minimum atomic E-state index is -0.744. The molecule has 138 valence electrons. The van der Waals surface area contributed by atoms with Crippen LogP contribution in [0.15, 0.2) is 30.6 Å². The van der Waals surface area contributed by atoms with Crippen molar-refractivity contribution in [3.8, 4) is 5.75 Å². The molecule has 0 saturated heterocycles. The normalized spacial score (nSPS) is 17.2. The summed E-state index contributed by atoms with van der Waals surface area (Å²) in [6, 6.07) is 6.03. The highest BCUT2D eigenvalue weighted by atomic mass is 16.5. The number of fused-ring (bicyclic) bond motifs is 1. The minimum Gasteiger partial charge on any atom is -0.496 e. The average molecular weight is 358 g/mol. The van der Waals surface area contributed by atoms with E-state index in [-0.39, 0.29) is 6.03 Å². The summed E-state index contributed by atoms with van der Waals surface area (Å²) in [5.41, 5.74) is 2.61. The van der Waals surface area contributed by atoms with E-state index in [1.165, 1.54) is 7.11 Å². The fourth-order valence-corrected chi connectivity index (χ4v) is 3.21. The van der Waals surface area contributed by atoms with Gasteiger partial charge in [0.1, 0.15) is 17.8 Å². The monoisotopic (exact) mass is 358 g/mol. The van der Waals surface area contributed by atoms with Gasteiger partial charge in [0.05, 0.1) is 26.2 Å². The lowest BCUT2D eigenvalue weighted by molar-refractivity contribution is -0.142. The molecular formula is C18H22N4O4. The van der Waals surface area contributed by atoms with Crippen molar-refractivity contribution in [1.29, 1.82) is 0 Å². The molecule has 1 aliphatic rings. The molecule has 2 N–H and O–H groups in total. The number of amides is 2. The van der Waals surface area contributed by atoms with Gasteiger partial charge < -0.3 is 24.7 Å². The second-order valence-electron chi connectivity index (χ2n) is 6.05. The highest BCUT2D eigenvalue weighted by Crippen LogP contribution is 2.37. The third-order valence-electron chi connectivity index (χ3n) is 4.51. The Morgan fingerprint density at radius 1 is 1.35 bits per heavy atom. The van der Waals surface area contributed by atoms with E-state index in [2.05, 4.69) is 20.0 Å². The molecule has 1 aromatic carbocycles. The van der Waals surface area contributed by atoms with Gasteiger partial charge in [-0.3, -0.25) is 0 Å². The van der Waals surface area contributed by atoms with Crippen LogP contribution < -0.4 is 10.1 Å². The molecule has 2 aromatic rings. The topological polar surface area (TPSA) is 96.6 Å². The van der Waals surface area contributed by atoms with Crippen LogP contribution in [0.4, 0.5) is 4.79 Å². The summed E-state index contributed by atoms with van der Waals surface area (Å²) >= 11 is 0. The molecule has 2 amide bonds. The van der Waals surface area contributed by atoms with Crippen molar-refractivity contribution in [3.63, 3.8) is 0 Å². The van der Waals surface area contributed by atoms with Gasteiger partial charge in [-0.2, -0.15) is 0 Å². The Labute approximate surface area is 151 Å². The SMILES string of the molecule is COC(=O)[C@@H](C)NC(=O)N1CCc2[nH]cnc2[C@H]1c1ccccc1OC. The zero-order chi connectivity index (χ0) is 18.7. The van der Waals surface area contributed by atoms with Gasteiger partial charge in [0.15, 0.2) is 0 Å². The first-order valence-corrected chi connectivity index (χ1v) is 8.36. The lowest BCUT2D eigenvalue weighted by atomic mass is 9.95. The van der Waals surface area contributed by atoms with Crippen LogP contribution in [-0.4, -0.2) is 53.7 Å². The Hall–Kier alpha value is -3.03. The number of rotatable bonds is 4. The highest BCUT2D eigenvalue weighted by molar-refractivity contribution is 5.83. The number of hydrogen-bond donors (Lipinski definition) is 2. The molecular weight excluding hydrogens is 336 g/mol. The molecule has 0 bridgehead atoms. The Morgan fingerprint density at radius 3 is 2.85 bits per heavy atom. The lowest BCUT2D eigenvalue weighted by Gasteiger charge is -2.36. The minimum absolute atomic E-state index is 0.354. The number of H-pyrrole nitrogens is 1. The Morgan fingerprint density at radius 2 is 2.12 bits per heavy atom. The van der Waals surface area contributed by atoms with Crippen LogP contribution in [0.1, 0.15) is 29.9 Å². The number of nitrogens with one attached hydrogen (secondary N) is 2. The third-order valence-corrected chi connectivity index (χ3v) is 4.51. The maximum Gasteiger partial charge on any atom is 0.328 e. The number of carbonyl (C=O) groups excluding carboxylic acids is 2. The summed E-state index contributed by atoms with van der Waals surface area (Å²) < 4.78 is 10.2. The molecule has 8 heteroatoms. The van der Waals surface area contributed by atoms with E-state index in [9.17, 15) is 9.59 Å². The van der Waals surface area contributed by atoms with Crippen molar-refractivity contribution in [2.45, 2.75) is 25.4 Å². The molecule has 0 spiro atoms. The van der Waals surface area contributed by atoms with Crippen LogP contribution in [0.5, 0.6) is 5.75 Å². The van der Waals surface area contributed by atoms with E-state index in [0.29, 0.717) is 18.7 Å². The zero-order valence-electron chi connectivity index (χ0n) is 15.0. The molecule has 0 saturated carbocycles. The molecule has 1 aromatic heterocycles. The van der Waals surface area contributed by atoms with Gasteiger partial charge in [-0.1, -0.05) is 18.2 Å². The summed E-state index contributed by atoms with van der Waals surface area (Å²) in [6.45, 7) is 2.07. The standard InChI is InChI=1S/C18H22N4O4/c1-11(17(23)26-3)21-18(24)22-9-8-13-15(20-10-19-13)16(22)12-6-4-5-7-14(12)25-2/h4-7,10-11,16H,8-9H2,1-3H3,(H,19,20)(H,21,24)/t11-,16-/m1/s1. The van der Waals surface area contributed by atoms with Crippen LogP contribution >= 0.6 is 0 Å². The van der Waals surface area contributed by atoms with Gasteiger partial charge >= 0.3 is 12.0 Å². The number of imidazole rings is 1. The molecule has 26 heavy (non-hydrogen) atoms. The molecule has 0 aliphatic carbocycles. The molecule has 0 unspecified atom stereocenters. The highest BCUT2D eigenvalue weighted by Gasteiger charge is 2.36. The van der Waals surface area contributed by atoms with Gasteiger partial charge in [0, 0.05) is 24.2 Å². The zero-order valence-corrected chi connectivity index (χ0v) is 15.0. The van der Waals surface area contributed by atoms with Crippen LogP contribution in [-0.2, 0) is 16.0 Å². The van der Waals surface area contributed by atoms with Crippen molar-refractivity contribution in [1.82, 2.24) is 20.2 Å². The Balaban J connectivity index is 1.96. The van der Waals surface area contributed by atoms with Crippen molar-refractivity contribution in [2.24, 2.45) is 0 Å². The fraction of sp³-hybridized carbons (Fsp3) is 0.389. The van der Waals surface area contributed by atoms with E-state index in [0.717, 1.165) is 17.0 Å². The van der Waals surface area contributed by atoms with E-state index >= 15 is 0 Å². The molecule has 0 fully saturated rings. The number of hydrogen-bond acceptors (Lipinski definition) is 5. The molecule has 2 atom stereocenters. The third kappa shape index (κ3) is 3.22. The number of carbonyl (C=O) groups is 2. The summed E-state index contributed by atoms with van der Waals surface area (Å²) in [5, 5.41) is 2.69. The van der Waals surface area contributed by atoms with Crippen molar-refractivity contribution in [2.75, 3.05) is 20.8 Å². The van der Waals surface area contributed by atoms with Crippen LogP contribution in [0.2, 0.25) is 0 Å². The fourth-order valence-electron chi connectivity index (χ4n) is 3.21. The molecule has 8 nitrogen and oxygen atoms in total. The van der Waals surface area contributed by atoms with Crippen LogP contribution in [0.25, 0.3) is 0 Å². The number of ether oxygens (including phenoxy) is 2. The molecule has 0 radical (unpaired) electrons. The van der Waals surface area contributed by atoms with Crippen molar-refractivity contribution >= 4 is 12.0 Å². The van der Waals surface area contributed by atoms with Gasteiger partial charge in [-0.05, 0) is 13.0 Å². The Kier molecular flexibility index (Phi) is 5.11. The summed E-state index contributed by atoms with van der Waals surface area (Å²) in [4.78, 5) is 33.8. The summed E-state index contributed by atoms with van der Waals surface area (Å²) in [6.07, 6.45) is 2.28. The molecule has 3 rings (SSSR count). The second kappa shape index (κ2) is 7.47. The van der Waals surface area contributed by atoms with Gasteiger partial charge in [-0.25, -0.2) is 14.6 Å². The number of nitrogens with zero attached hydrogens (tertiary/aromatic N) is 2. The largest absolute Gasteiger partial charge is 0.496 e. The smallest absolute Gasteiger partial charge is 0.328 e. The maximum absolute atomic E-state index is 12.9. The molecule has 2 heterocycles. The number of methoxy groups -OCH3 is 2. The van der Waals surface area contributed by atoms with Crippen molar-refractivity contribution < 1.29 is 19.1 Å². The Bertz CT molecular complexity index is 804. The van der Waals surface area contributed by atoms with Crippen LogP contribution in [0.3, 0.4) is 0 Å². The first-order valence-electron chi connectivity index (χ1n) is 8.36. The van der Waals surface area contributed by atoms with Crippen molar-refractivity contribution in [3.05, 3.63) is 47.5 Å². The quantitative estimate of drug-likeness (QED) is 0.810. The van der Waals surface area contributed by atoms with E-state index in [4.69, 9.17) is 4.74 Å². The number of aromatic amines is 1. The maximum atomic E-state index is 12.9. The second-order valence-corrected chi connectivity index (χ2v) is 6.05. The lowest BCUT2D eigenvalue weighted by Crippen LogP contribution is -2.50. The number of para-hydroxylation sites is 1. The summed E-state index contributed by atoms with van der Waals surface area (Å²) in [7, 11) is 2.89. The first kappa shape index (κ1) is 17.8. The number of aromatic nitrogens is 2. The first-order chi connectivity index (χ1) is 12.6.